The maximum Gasteiger partial charge on any atom is 0.402 e. The van der Waals surface area contributed by atoms with Crippen LogP contribution in [0.3, 0.4) is 0 Å². The van der Waals surface area contributed by atoms with Crippen LogP contribution in [0.1, 0.15) is 45.4 Å². The van der Waals surface area contributed by atoms with Crippen LogP contribution in [0, 0.1) is 0 Å². The van der Waals surface area contributed by atoms with Crippen LogP contribution in [0.2, 0.25) is 0 Å². The monoisotopic (exact) mass is 308 g/mol. The molecular weight excluding hydrogens is 284 g/mol. The van der Waals surface area contributed by atoms with Crippen molar-refractivity contribution in [1.82, 2.24) is 4.72 Å². The maximum absolute atomic E-state index is 11.3. The van der Waals surface area contributed by atoms with Crippen LogP contribution in [-0.4, -0.2) is 26.9 Å². The Bertz CT molecular complexity index is 417. The normalized spacial score (nSPS) is 12.2. The average molecular weight is 308 g/mol. The highest BCUT2D eigenvalue weighted by Gasteiger charge is 2.09. The Morgan fingerprint density at radius 3 is 2.30 bits per heavy atom. The molecule has 0 aliphatic carbocycles. The molecule has 0 heterocycles. The second-order valence-corrected chi connectivity index (χ2v) is 5.52. The largest absolute Gasteiger partial charge is 0.402 e. The zero-order valence-electron chi connectivity index (χ0n) is 11.7. The number of nitrogens with two attached hydrogens (primary N) is 3. The zero-order chi connectivity index (χ0) is 15.4. The van der Waals surface area contributed by atoms with E-state index >= 15 is 0 Å². The molecule has 10 heteroatoms. The quantitative estimate of drug-likeness (QED) is 0.188. The fraction of sp³-hybridized carbons (Fsp3) is 0.800. The van der Waals surface area contributed by atoms with Gasteiger partial charge in [-0.05, 0) is 11.6 Å². The molecule has 0 aliphatic heterocycles. The SMILES string of the molecule is CCCCCCCCNS(=O)(=O)ON=C(N)N=C(N)N. The highest BCUT2D eigenvalue weighted by molar-refractivity contribution is 7.84. The van der Waals surface area contributed by atoms with E-state index in [9.17, 15) is 8.42 Å². The van der Waals surface area contributed by atoms with Crippen molar-refractivity contribution in [2.45, 2.75) is 45.4 Å². The first-order valence-corrected chi connectivity index (χ1v) is 7.89. The number of nitrogens with one attached hydrogen (secondary N) is 1. The van der Waals surface area contributed by atoms with E-state index in [1.165, 1.54) is 19.3 Å². The second-order valence-electron chi connectivity index (χ2n) is 4.18. The summed E-state index contributed by atoms with van der Waals surface area (Å²) in [4.78, 5) is 3.30. The van der Waals surface area contributed by atoms with Gasteiger partial charge in [0.2, 0.25) is 0 Å². The molecule has 0 unspecified atom stereocenters. The lowest BCUT2D eigenvalue weighted by Gasteiger charge is -2.04. The number of nitrogens with zero attached hydrogens (tertiary/aromatic N) is 2. The molecule has 0 saturated carbocycles. The Hall–Kier alpha value is -1.55. The summed E-state index contributed by atoms with van der Waals surface area (Å²) in [5.41, 5.74) is 15.2. The van der Waals surface area contributed by atoms with Crippen LogP contribution < -0.4 is 21.9 Å². The highest BCUT2D eigenvalue weighted by Crippen LogP contribution is 2.04. The number of guanidine groups is 2. The number of hydrogen-bond donors (Lipinski definition) is 4. The first-order valence-electron chi connectivity index (χ1n) is 6.48. The van der Waals surface area contributed by atoms with Crippen LogP contribution in [0.4, 0.5) is 0 Å². The van der Waals surface area contributed by atoms with Crippen LogP contribution in [0.5, 0.6) is 0 Å². The minimum Gasteiger partial charge on any atom is -0.370 e. The molecule has 7 N–H and O–H groups in total. The van der Waals surface area contributed by atoms with Gasteiger partial charge in [0, 0.05) is 6.54 Å². The van der Waals surface area contributed by atoms with Gasteiger partial charge < -0.3 is 17.2 Å². The summed E-state index contributed by atoms with van der Waals surface area (Å²) in [6, 6.07) is 0. The summed E-state index contributed by atoms with van der Waals surface area (Å²) in [6.45, 7) is 2.42. The molecule has 9 nitrogen and oxygen atoms in total. The topological polar surface area (TPSA) is 158 Å². The first-order chi connectivity index (χ1) is 9.37. The third kappa shape index (κ3) is 11.5. The van der Waals surface area contributed by atoms with Gasteiger partial charge in [0.25, 0.3) is 5.96 Å². The number of hydrogen-bond acceptors (Lipinski definition) is 4. The molecule has 0 bridgehead atoms. The van der Waals surface area contributed by atoms with Crippen molar-refractivity contribution in [1.29, 1.82) is 0 Å². The van der Waals surface area contributed by atoms with Crippen molar-refractivity contribution in [2.24, 2.45) is 27.3 Å². The van der Waals surface area contributed by atoms with Gasteiger partial charge in [-0.3, -0.25) is 4.28 Å². The average Bonchev–Trinajstić information content (AvgIpc) is 2.35. The Balaban J connectivity index is 3.88. The molecule has 0 aromatic carbocycles. The summed E-state index contributed by atoms with van der Waals surface area (Å²) in [7, 11) is -3.98. The van der Waals surface area contributed by atoms with Crippen molar-refractivity contribution in [3.8, 4) is 0 Å². The van der Waals surface area contributed by atoms with Crippen molar-refractivity contribution >= 4 is 22.2 Å². The molecule has 0 atom stereocenters. The van der Waals surface area contributed by atoms with Crippen molar-refractivity contribution in [3.63, 3.8) is 0 Å². The zero-order valence-corrected chi connectivity index (χ0v) is 12.5. The molecule has 0 radical (unpaired) electrons. The van der Waals surface area contributed by atoms with Crippen LogP contribution in [0.15, 0.2) is 10.1 Å². The third-order valence-corrected chi connectivity index (χ3v) is 3.11. The lowest BCUT2D eigenvalue weighted by Crippen LogP contribution is -2.28. The van der Waals surface area contributed by atoms with Gasteiger partial charge in [-0.1, -0.05) is 39.0 Å². The minimum atomic E-state index is -3.98. The fourth-order valence-electron chi connectivity index (χ4n) is 1.37. The van der Waals surface area contributed by atoms with E-state index in [1.807, 2.05) is 0 Å². The highest BCUT2D eigenvalue weighted by atomic mass is 32.2. The molecule has 0 spiro atoms. The van der Waals surface area contributed by atoms with Gasteiger partial charge >= 0.3 is 10.3 Å². The molecule has 0 amide bonds. The number of rotatable bonds is 10. The van der Waals surface area contributed by atoms with Gasteiger partial charge in [0.15, 0.2) is 5.96 Å². The fourth-order valence-corrected chi connectivity index (χ4v) is 1.99. The Kier molecular flexibility index (Phi) is 9.47. The van der Waals surface area contributed by atoms with E-state index < -0.39 is 16.3 Å². The van der Waals surface area contributed by atoms with E-state index in [2.05, 4.69) is 26.1 Å². The van der Waals surface area contributed by atoms with Gasteiger partial charge in [-0.25, -0.2) is 0 Å². The Morgan fingerprint density at radius 1 is 1.10 bits per heavy atom. The lowest BCUT2D eigenvalue weighted by molar-refractivity contribution is 0.329. The van der Waals surface area contributed by atoms with E-state index in [0.717, 1.165) is 19.3 Å². The number of unbranched alkanes of at least 4 members (excludes halogenated alkanes) is 5. The summed E-state index contributed by atoms with van der Waals surface area (Å²) in [6.07, 6.45) is 6.33. The van der Waals surface area contributed by atoms with E-state index in [4.69, 9.17) is 17.2 Å². The molecule has 0 saturated heterocycles. The summed E-state index contributed by atoms with van der Waals surface area (Å²) >= 11 is 0. The van der Waals surface area contributed by atoms with Gasteiger partial charge in [-0.15, -0.1) is 0 Å². The molecule has 118 valence electrons. The summed E-state index contributed by atoms with van der Waals surface area (Å²) in [5.74, 6) is -0.817. The van der Waals surface area contributed by atoms with Gasteiger partial charge in [0.05, 0.1) is 0 Å². The van der Waals surface area contributed by atoms with Gasteiger partial charge in [-0.2, -0.15) is 18.1 Å². The maximum atomic E-state index is 11.3. The Labute approximate surface area is 119 Å². The van der Waals surface area contributed by atoms with Crippen molar-refractivity contribution in [3.05, 3.63) is 0 Å². The molecule has 0 aromatic heterocycles. The van der Waals surface area contributed by atoms with E-state index in [1.54, 1.807) is 0 Å². The minimum absolute atomic E-state index is 0.284. The molecule has 0 fully saturated rings. The first kappa shape index (κ1) is 18.4. The second kappa shape index (κ2) is 10.3. The molecule has 0 aliphatic rings. The Morgan fingerprint density at radius 2 is 1.70 bits per heavy atom. The van der Waals surface area contributed by atoms with Crippen molar-refractivity contribution in [2.75, 3.05) is 6.54 Å². The lowest BCUT2D eigenvalue weighted by atomic mass is 10.1. The van der Waals surface area contributed by atoms with Crippen LogP contribution >= 0.6 is 0 Å². The van der Waals surface area contributed by atoms with Crippen molar-refractivity contribution < 1.29 is 12.7 Å². The number of aliphatic imine (C=N–C) groups is 1. The third-order valence-electron chi connectivity index (χ3n) is 2.28. The smallest absolute Gasteiger partial charge is 0.370 e. The summed E-state index contributed by atoms with van der Waals surface area (Å²) < 4.78 is 29.2. The predicted molar refractivity (Wildman–Crippen MR) is 78.8 cm³/mol. The van der Waals surface area contributed by atoms with Gasteiger partial charge in [0.1, 0.15) is 0 Å². The van der Waals surface area contributed by atoms with Crippen LogP contribution in [-0.2, 0) is 14.6 Å². The van der Waals surface area contributed by atoms with Crippen LogP contribution in [0.25, 0.3) is 0 Å². The summed E-state index contributed by atoms with van der Waals surface area (Å²) in [5, 5.41) is 3.07. The molecule has 20 heavy (non-hydrogen) atoms. The molecule has 0 rings (SSSR count). The molecule has 0 aromatic rings. The van der Waals surface area contributed by atoms with E-state index in [-0.39, 0.29) is 12.5 Å². The standard InChI is InChI=1S/C10H24N6O3S/c1-2-3-4-5-6-7-8-14-20(17,18)19-16-10(13)15-9(11)12/h14H,2-8H2,1H3,(H6,11,12,13,15,16). The number of oxime groups is 1. The van der Waals surface area contributed by atoms with E-state index in [0.29, 0.717) is 0 Å². The predicted octanol–water partition coefficient (Wildman–Crippen LogP) is -0.299. The molecular formula is C10H24N6O3S.